The summed E-state index contributed by atoms with van der Waals surface area (Å²) in [5, 5.41) is 6.99. The summed E-state index contributed by atoms with van der Waals surface area (Å²) in [5.41, 5.74) is 10.4. The molecule has 0 bridgehead atoms. The third kappa shape index (κ3) is 2.93. The van der Waals surface area contributed by atoms with Gasteiger partial charge in [0.1, 0.15) is 22.3 Å². The van der Waals surface area contributed by atoms with Crippen LogP contribution >= 0.6 is 0 Å². The highest BCUT2D eigenvalue weighted by atomic mass is 16.3. The number of hydrogen-bond acceptors (Lipinski definition) is 2. The van der Waals surface area contributed by atoms with Gasteiger partial charge in [-0.3, -0.25) is 0 Å². The standard InChI is InChI=1S/C36H21NO2/c1-3-13-33-27(7-1)29-11-5-9-23(35(29)38-33)21-15-17-25-26-18-16-22(20-32(26)37-31(25)19-21)24-10-6-12-30-28-8-2-4-14-34(28)39-36(24)30/h1-20,37H. The molecule has 0 atom stereocenters. The molecule has 3 nitrogen and oxygen atoms in total. The van der Waals surface area contributed by atoms with Crippen LogP contribution in [0.3, 0.4) is 0 Å². The topological polar surface area (TPSA) is 42.1 Å². The molecular weight excluding hydrogens is 478 g/mol. The summed E-state index contributed by atoms with van der Waals surface area (Å²) in [7, 11) is 0. The zero-order chi connectivity index (χ0) is 25.5. The molecule has 6 aromatic carbocycles. The fourth-order valence-electron chi connectivity index (χ4n) is 6.19. The average Bonchev–Trinajstić information content (AvgIpc) is 3.67. The van der Waals surface area contributed by atoms with E-state index in [9.17, 15) is 0 Å². The second-order valence-electron chi connectivity index (χ2n) is 10.2. The van der Waals surface area contributed by atoms with Gasteiger partial charge in [0.2, 0.25) is 0 Å². The van der Waals surface area contributed by atoms with E-state index in [0.29, 0.717) is 0 Å². The maximum Gasteiger partial charge on any atom is 0.143 e. The molecule has 0 aliphatic carbocycles. The summed E-state index contributed by atoms with van der Waals surface area (Å²) < 4.78 is 12.6. The van der Waals surface area contributed by atoms with Crippen molar-refractivity contribution in [2.45, 2.75) is 0 Å². The first kappa shape index (κ1) is 20.7. The van der Waals surface area contributed by atoms with Crippen molar-refractivity contribution in [3.63, 3.8) is 0 Å². The van der Waals surface area contributed by atoms with Gasteiger partial charge < -0.3 is 13.8 Å². The van der Waals surface area contributed by atoms with E-state index >= 15 is 0 Å². The maximum atomic E-state index is 6.31. The lowest BCUT2D eigenvalue weighted by atomic mass is 9.99. The minimum Gasteiger partial charge on any atom is -0.455 e. The molecule has 0 aliphatic heterocycles. The Morgan fingerprint density at radius 2 is 0.846 bits per heavy atom. The van der Waals surface area contributed by atoms with E-state index in [-0.39, 0.29) is 0 Å². The number of aromatic nitrogens is 1. The van der Waals surface area contributed by atoms with Gasteiger partial charge >= 0.3 is 0 Å². The van der Waals surface area contributed by atoms with Crippen LogP contribution in [-0.2, 0) is 0 Å². The van der Waals surface area contributed by atoms with Crippen LogP contribution in [0.2, 0.25) is 0 Å². The molecule has 9 rings (SSSR count). The van der Waals surface area contributed by atoms with Crippen molar-refractivity contribution in [1.82, 2.24) is 4.98 Å². The van der Waals surface area contributed by atoms with Gasteiger partial charge in [0.15, 0.2) is 0 Å². The Hall–Kier alpha value is -5.28. The van der Waals surface area contributed by atoms with Crippen molar-refractivity contribution in [3.8, 4) is 22.3 Å². The molecule has 0 aliphatic rings. The molecule has 0 saturated heterocycles. The smallest absolute Gasteiger partial charge is 0.143 e. The SMILES string of the molecule is c1ccc2c(c1)oc1c(-c3ccc4c(c3)[nH]c3cc(-c5cccc6c5oc5ccccc56)ccc34)cccc12. The number of aromatic amines is 1. The van der Waals surface area contributed by atoms with Crippen molar-refractivity contribution >= 4 is 65.7 Å². The Morgan fingerprint density at radius 1 is 0.385 bits per heavy atom. The molecule has 0 fully saturated rings. The van der Waals surface area contributed by atoms with Crippen LogP contribution in [0.5, 0.6) is 0 Å². The quantitative estimate of drug-likeness (QED) is 0.257. The Kier molecular flexibility index (Phi) is 4.05. The first-order valence-electron chi connectivity index (χ1n) is 13.2. The van der Waals surface area contributed by atoms with Gasteiger partial charge in [-0.05, 0) is 35.4 Å². The fourth-order valence-corrected chi connectivity index (χ4v) is 6.19. The largest absolute Gasteiger partial charge is 0.455 e. The molecule has 0 amide bonds. The van der Waals surface area contributed by atoms with E-state index in [4.69, 9.17) is 8.83 Å². The van der Waals surface area contributed by atoms with Crippen molar-refractivity contribution in [1.29, 1.82) is 0 Å². The number of nitrogens with one attached hydrogen (secondary N) is 1. The highest BCUT2D eigenvalue weighted by Crippen LogP contribution is 2.39. The van der Waals surface area contributed by atoms with Crippen LogP contribution in [-0.4, -0.2) is 4.98 Å². The molecule has 0 radical (unpaired) electrons. The number of furan rings is 2. The van der Waals surface area contributed by atoms with E-state index in [2.05, 4.69) is 102 Å². The zero-order valence-electron chi connectivity index (χ0n) is 20.9. The van der Waals surface area contributed by atoms with Crippen LogP contribution in [0, 0.1) is 0 Å². The molecular formula is C36H21NO2. The predicted octanol–water partition coefficient (Wildman–Crippen LogP) is 10.5. The molecule has 3 heterocycles. The number of fused-ring (bicyclic) bond motifs is 9. The fraction of sp³-hybridized carbons (Fsp3) is 0. The van der Waals surface area contributed by atoms with Crippen molar-refractivity contribution in [3.05, 3.63) is 121 Å². The molecule has 3 aromatic heterocycles. The van der Waals surface area contributed by atoms with Gasteiger partial charge in [-0.2, -0.15) is 0 Å². The normalized spacial score (nSPS) is 12.1. The first-order valence-corrected chi connectivity index (χ1v) is 13.2. The highest BCUT2D eigenvalue weighted by Gasteiger charge is 2.15. The van der Waals surface area contributed by atoms with Gasteiger partial charge in [-0.1, -0.05) is 97.1 Å². The van der Waals surface area contributed by atoms with E-state index < -0.39 is 0 Å². The number of H-pyrrole nitrogens is 1. The van der Waals surface area contributed by atoms with Gasteiger partial charge in [0.25, 0.3) is 0 Å². The molecule has 9 aromatic rings. The Labute approximate surface area is 222 Å². The van der Waals surface area contributed by atoms with Gasteiger partial charge in [0, 0.05) is 54.5 Å². The lowest BCUT2D eigenvalue weighted by Crippen LogP contribution is -1.79. The lowest BCUT2D eigenvalue weighted by molar-refractivity contribution is 0.669. The van der Waals surface area contributed by atoms with Crippen LogP contribution in [0.25, 0.3) is 87.9 Å². The zero-order valence-corrected chi connectivity index (χ0v) is 20.9. The summed E-state index contributed by atoms with van der Waals surface area (Å²) in [6, 6.07) is 42.5. The van der Waals surface area contributed by atoms with Crippen LogP contribution in [0.15, 0.2) is 130 Å². The monoisotopic (exact) mass is 499 g/mol. The van der Waals surface area contributed by atoms with Crippen LogP contribution < -0.4 is 0 Å². The molecule has 182 valence electrons. The molecule has 1 N–H and O–H groups in total. The summed E-state index contributed by atoms with van der Waals surface area (Å²) >= 11 is 0. The summed E-state index contributed by atoms with van der Waals surface area (Å²) in [6.07, 6.45) is 0. The van der Waals surface area contributed by atoms with E-state index in [1.54, 1.807) is 0 Å². The second kappa shape index (κ2) is 7.62. The number of para-hydroxylation sites is 4. The predicted molar refractivity (Wildman–Crippen MR) is 161 cm³/mol. The summed E-state index contributed by atoms with van der Waals surface area (Å²) in [6.45, 7) is 0. The lowest BCUT2D eigenvalue weighted by Gasteiger charge is -2.04. The highest BCUT2D eigenvalue weighted by molar-refractivity contribution is 6.13. The molecule has 0 unspecified atom stereocenters. The van der Waals surface area contributed by atoms with Crippen LogP contribution in [0.4, 0.5) is 0 Å². The summed E-state index contributed by atoms with van der Waals surface area (Å²) in [5.74, 6) is 0. The second-order valence-corrected chi connectivity index (χ2v) is 10.2. The van der Waals surface area contributed by atoms with Crippen molar-refractivity contribution in [2.24, 2.45) is 0 Å². The minimum absolute atomic E-state index is 0.915. The molecule has 0 saturated carbocycles. The number of hydrogen-bond donors (Lipinski definition) is 1. The third-order valence-corrected chi connectivity index (χ3v) is 8.03. The van der Waals surface area contributed by atoms with Gasteiger partial charge in [-0.15, -0.1) is 0 Å². The number of benzene rings is 6. The number of rotatable bonds is 2. The van der Waals surface area contributed by atoms with E-state index in [0.717, 1.165) is 77.2 Å². The van der Waals surface area contributed by atoms with E-state index in [1.165, 1.54) is 10.8 Å². The maximum absolute atomic E-state index is 6.31. The Morgan fingerprint density at radius 3 is 1.36 bits per heavy atom. The van der Waals surface area contributed by atoms with Gasteiger partial charge in [0.05, 0.1) is 0 Å². The Balaban J connectivity index is 1.21. The summed E-state index contributed by atoms with van der Waals surface area (Å²) in [4.78, 5) is 3.69. The van der Waals surface area contributed by atoms with Crippen LogP contribution in [0.1, 0.15) is 0 Å². The van der Waals surface area contributed by atoms with E-state index in [1.807, 2.05) is 24.3 Å². The Bertz CT molecular complexity index is 2230. The van der Waals surface area contributed by atoms with Gasteiger partial charge in [-0.25, -0.2) is 0 Å². The first-order chi connectivity index (χ1) is 19.3. The van der Waals surface area contributed by atoms with Crippen molar-refractivity contribution in [2.75, 3.05) is 0 Å². The third-order valence-electron chi connectivity index (χ3n) is 8.03. The molecule has 3 heteroatoms. The molecule has 39 heavy (non-hydrogen) atoms. The molecule has 0 spiro atoms. The van der Waals surface area contributed by atoms with Crippen molar-refractivity contribution < 1.29 is 8.83 Å². The minimum atomic E-state index is 0.915. The average molecular weight is 500 g/mol.